The Hall–Kier alpha value is -1.85. The van der Waals surface area contributed by atoms with Gasteiger partial charge in [0.05, 0.1) is 11.2 Å². The summed E-state index contributed by atoms with van der Waals surface area (Å²) in [6.45, 7) is 0. The van der Waals surface area contributed by atoms with E-state index in [-0.39, 0.29) is 0 Å². The SMILES string of the molecule is Nc1ccc2ncnc(Nc3ccc(Cl)cc3Br)c2c1. The molecule has 0 amide bonds. The molecular weight excluding hydrogens is 340 g/mol. The lowest BCUT2D eigenvalue weighted by atomic mass is 10.2. The molecule has 100 valence electrons. The fraction of sp³-hybridized carbons (Fsp3) is 0. The average molecular weight is 350 g/mol. The molecule has 0 aliphatic carbocycles. The van der Waals surface area contributed by atoms with Crippen LogP contribution in [-0.4, -0.2) is 9.97 Å². The van der Waals surface area contributed by atoms with E-state index in [4.69, 9.17) is 17.3 Å². The van der Waals surface area contributed by atoms with Crippen LogP contribution >= 0.6 is 27.5 Å². The van der Waals surface area contributed by atoms with Gasteiger partial charge in [0, 0.05) is 20.6 Å². The topological polar surface area (TPSA) is 63.8 Å². The number of anilines is 3. The predicted octanol–water partition coefficient (Wildman–Crippen LogP) is 4.37. The number of aromatic nitrogens is 2. The molecular formula is C14H10BrClN4. The van der Waals surface area contributed by atoms with Crippen LogP contribution in [0.2, 0.25) is 5.02 Å². The van der Waals surface area contributed by atoms with Gasteiger partial charge in [-0.05, 0) is 52.3 Å². The molecule has 4 nitrogen and oxygen atoms in total. The lowest BCUT2D eigenvalue weighted by Crippen LogP contribution is -1.97. The minimum absolute atomic E-state index is 0.666. The molecule has 0 radical (unpaired) electrons. The summed E-state index contributed by atoms with van der Waals surface area (Å²) < 4.78 is 0.862. The van der Waals surface area contributed by atoms with E-state index in [2.05, 4.69) is 31.2 Å². The normalized spacial score (nSPS) is 10.7. The molecule has 0 unspecified atom stereocenters. The first-order chi connectivity index (χ1) is 9.63. The van der Waals surface area contributed by atoms with Gasteiger partial charge in [-0.25, -0.2) is 9.97 Å². The van der Waals surface area contributed by atoms with Gasteiger partial charge in [-0.2, -0.15) is 0 Å². The molecule has 3 rings (SSSR count). The van der Waals surface area contributed by atoms with Crippen LogP contribution in [0.4, 0.5) is 17.2 Å². The first-order valence-corrected chi connectivity index (χ1v) is 7.03. The number of nitrogens with one attached hydrogen (secondary N) is 1. The Bertz CT molecular complexity index is 791. The highest BCUT2D eigenvalue weighted by atomic mass is 79.9. The number of hydrogen-bond donors (Lipinski definition) is 2. The molecule has 0 atom stereocenters. The number of fused-ring (bicyclic) bond motifs is 1. The fourth-order valence-electron chi connectivity index (χ4n) is 1.89. The molecule has 0 saturated carbocycles. The number of rotatable bonds is 2. The predicted molar refractivity (Wildman–Crippen MR) is 86.4 cm³/mol. The van der Waals surface area contributed by atoms with E-state index in [9.17, 15) is 0 Å². The average Bonchev–Trinajstić information content (AvgIpc) is 2.42. The third-order valence-corrected chi connectivity index (χ3v) is 3.73. The van der Waals surface area contributed by atoms with Crippen LogP contribution in [0.5, 0.6) is 0 Å². The molecule has 1 aromatic heterocycles. The highest BCUT2D eigenvalue weighted by molar-refractivity contribution is 9.10. The molecule has 0 saturated heterocycles. The highest BCUT2D eigenvalue weighted by Crippen LogP contribution is 2.30. The Morgan fingerprint density at radius 1 is 1.10 bits per heavy atom. The van der Waals surface area contributed by atoms with Gasteiger partial charge in [0.15, 0.2) is 0 Å². The van der Waals surface area contributed by atoms with Crippen molar-refractivity contribution in [2.45, 2.75) is 0 Å². The fourth-order valence-corrected chi connectivity index (χ4v) is 2.67. The maximum absolute atomic E-state index is 5.94. The van der Waals surface area contributed by atoms with Crippen molar-refractivity contribution in [1.82, 2.24) is 9.97 Å². The van der Waals surface area contributed by atoms with Crippen molar-refractivity contribution >= 4 is 55.6 Å². The third-order valence-electron chi connectivity index (χ3n) is 2.84. The second kappa shape index (κ2) is 5.26. The molecule has 0 spiro atoms. The van der Waals surface area contributed by atoms with Crippen LogP contribution in [0.3, 0.4) is 0 Å². The Morgan fingerprint density at radius 2 is 1.95 bits per heavy atom. The summed E-state index contributed by atoms with van der Waals surface area (Å²) in [5.74, 6) is 0.699. The van der Waals surface area contributed by atoms with Crippen molar-refractivity contribution in [2.75, 3.05) is 11.1 Å². The van der Waals surface area contributed by atoms with Crippen LogP contribution in [0, 0.1) is 0 Å². The van der Waals surface area contributed by atoms with Gasteiger partial charge in [-0.1, -0.05) is 11.6 Å². The zero-order chi connectivity index (χ0) is 14.1. The summed E-state index contributed by atoms with van der Waals surface area (Å²) in [5.41, 5.74) is 8.20. The molecule has 3 aromatic rings. The maximum atomic E-state index is 5.94. The van der Waals surface area contributed by atoms with Crippen molar-refractivity contribution in [3.8, 4) is 0 Å². The van der Waals surface area contributed by atoms with Gasteiger partial charge in [-0.3, -0.25) is 0 Å². The second-order valence-corrected chi connectivity index (χ2v) is 5.54. The van der Waals surface area contributed by atoms with Gasteiger partial charge in [-0.15, -0.1) is 0 Å². The van der Waals surface area contributed by atoms with Crippen molar-refractivity contribution in [3.63, 3.8) is 0 Å². The summed E-state index contributed by atoms with van der Waals surface area (Å²) in [7, 11) is 0. The first-order valence-electron chi connectivity index (χ1n) is 5.86. The van der Waals surface area contributed by atoms with Crippen molar-refractivity contribution in [2.24, 2.45) is 0 Å². The molecule has 0 aliphatic heterocycles. The van der Waals surface area contributed by atoms with Gasteiger partial charge in [0.1, 0.15) is 12.1 Å². The highest BCUT2D eigenvalue weighted by Gasteiger charge is 2.07. The number of halogens is 2. The number of nitrogens with two attached hydrogens (primary N) is 1. The van der Waals surface area contributed by atoms with Gasteiger partial charge < -0.3 is 11.1 Å². The van der Waals surface area contributed by atoms with Crippen LogP contribution in [0.15, 0.2) is 47.2 Å². The number of nitrogen functional groups attached to an aromatic ring is 1. The lowest BCUT2D eigenvalue weighted by molar-refractivity contribution is 1.22. The maximum Gasteiger partial charge on any atom is 0.141 e. The molecule has 0 aliphatic rings. The Morgan fingerprint density at radius 3 is 2.75 bits per heavy atom. The van der Waals surface area contributed by atoms with Gasteiger partial charge in [0.2, 0.25) is 0 Å². The molecule has 0 fully saturated rings. The van der Waals surface area contributed by atoms with Gasteiger partial charge in [0.25, 0.3) is 0 Å². The number of nitrogens with zero attached hydrogens (tertiary/aromatic N) is 2. The van der Waals surface area contributed by atoms with Crippen LogP contribution in [-0.2, 0) is 0 Å². The van der Waals surface area contributed by atoms with Gasteiger partial charge >= 0.3 is 0 Å². The quantitative estimate of drug-likeness (QED) is 0.674. The lowest BCUT2D eigenvalue weighted by Gasteiger charge is -2.10. The van der Waals surface area contributed by atoms with E-state index in [1.165, 1.54) is 6.33 Å². The number of benzene rings is 2. The van der Waals surface area contributed by atoms with E-state index in [1.54, 1.807) is 0 Å². The zero-order valence-electron chi connectivity index (χ0n) is 10.3. The Balaban J connectivity index is 2.08. The molecule has 6 heteroatoms. The molecule has 0 bridgehead atoms. The first kappa shape index (κ1) is 13.1. The van der Waals surface area contributed by atoms with Crippen LogP contribution in [0.1, 0.15) is 0 Å². The largest absolute Gasteiger partial charge is 0.399 e. The van der Waals surface area contributed by atoms with Crippen molar-refractivity contribution in [3.05, 3.63) is 52.2 Å². The molecule has 2 aromatic carbocycles. The summed E-state index contributed by atoms with van der Waals surface area (Å²) >= 11 is 9.40. The van der Waals surface area contributed by atoms with Crippen molar-refractivity contribution in [1.29, 1.82) is 0 Å². The van der Waals surface area contributed by atoms with E-state index >= 15 is 0 Å². The van der Waals surface area contributed by atoms with E-state index in [0.717, 1.165) is 21.1 Å². The minimum Gasteiger partial charge on any atom is -0.399 e. The zero-order valence-corrected chi connectivity index (χ0v) is 12.6. The summed E-state index contributed by atoms with van der Waals surface area (Å²) in [4.78, 5) is 8.50. The molecule has 3 N–H and O–H groups in total. The summed E-state index contributed by atoms with van der Waals surface area (Å²) in [6, 6.07) is 11.0. The van der Waals surface area contributed by atoms with E-state index in [1.807, 2.05) is 36.4 Å². The van der Waals surface area contributed by atoms with Crippen molar-refractivity contribution < 1.29 is 0 Å². The summed E-state index contributed by atoms with van der Waals surface area (Å²) in [5, 5.41) is 4.79. The second-order valence-electron chi connectivity index (χ2n) is 4.25. The van der Waals surface area contributed by atoms with Crippen LogP contribution in [0.25, 0.3) is 10.9 Å². The monoisotopic (exact) mass is 348 g/mol. The third kappa shape index (κ3) is 2.55. The Labute approximate surface area is 129 Å². The summed E-state index contributed by atoms with van der Waals surface area (Å²) in [6.07, 6.45) is 1.52. The molecule has 20 heavy (non-hydrogen) atoms. The Kier molecular flexibility index (Phi) is 3.46. The van der Waals surface area contributed by atoms with E-state index in [0.29, 0.717) is 16.5 Å². The smallest absolute Gasteiger partial charge is 0.141 e. The number of hydrogen-bond acceptors (Lipinski definition) is 4. The van der Waals surface area contributed by atoms with E-state index < -0.39 is 0 Å². The standard InChI is InChI=1S/C14H10BrClN4/c15-11-5-8(16)1-3-13(11)20-14-10-6-9(17)2-4-12(10)18-7-19-14/h1-7H,17H2,(H,18,19,20). The molecule has 1 heterocycles. The van der Waals surface area contributed by atoms with Crippen LogP contribution < -0.4 is 11.1 Å². The minimum atomic E-state index is 0.666.